The minimum Gasteiger partial charge on any atom is -0.349 e. The number of halogens is 1. The summed E-state index contributed by atoms with van der Waals surface area (Å²) in [5.74, 6) is 0.759. The summed E-state index contributed by atoms with van der Waals surface area (Å²) in [6.07, 6.45) is 7.57. The average Bonchev–Trinajstić information content (AvgIpc) is 2.47. The third-order valence-electron chi connectivity index (χ3n) is 3.98. The summed E-state index contributed by atoms with van der Waals surface area (Å²) in [6, 6.07) is 3.84. The molecule has 4 nitrogen and oxygen atoms in total. The molecule has 0 saturated heterocycles. The largest absolute Gasteiger partial charge is 0.349 e. The number of hydrogen-bond acceptors (Lipinski definition) is 3. The van der Waals surface area contributed by atoms with Crippen molar-refractivity contribution in [2.24, 2.45) is 11.7 Å². The molecule has 20 heavy (non-hydrogen) atoms. The van der Waals surface area contributed by atoms with E-state index in [4.69, 9.17) is 5.73 Å². The number of carbonyl (C=O) groups is 1. The van der Waals surface area contributed by atoms with Crippen molar-refractivity contribution >= 4 is 18.3 Å². The van der Waals surface area contributed by atoms with E-state index >= 15 is 0 Å². The van der Waals surface area contributed by atoms with Crippen molar-refractivity contribution in [1.29, 1.82) is 0 Å². The SMILES string of the molecule is CCC1CCCC(NC(=O)c2ccnc(CN)c2)C1.Cl. The number of hydrogen-bond donors (Lipinski definition) is 2. The summed E-state index contributed by atoms with van der Waals surface area (Å²) < 4.78 is 0. The fourth-order valence-electron chi connectivity index (χ4n) is 2.79. The molecule has 5 heteroatoms. The summed E-state index contributed by atoms with van der Waals surface area (Å²) >= 11 is 0. The van der Waals surface area contributed by atoms with Gasteiger partial charge in [-0.25, -0.2) is 0 Å². The van der Waals surface area contributed by atoms with Crippen LogP contribution in [0.1, 0.15) is 55.1 Å². The maximum absolute atomic E-state index is 12.2. The van der Waals surface area contributed by atoms with Gasteiger partial charge in [-0.3, -0.25) is 9.78 Å². The monoisotopic (exact) mass is 297 g/mol. The summed E-state index contributed by atoms with van der Waals surface area (Å²) in [7, 11) is 0. The molecule has 1 saturated carbocycles. The first kappa shape index (κ1) is 16.9. The van der Waals surface area contributed by atoms with Gasteiger partial charge in [0, 0.05) is 24.3 Å². The maximum atomic E-state index is 12.2. The van der Waals surface area contributed by atoms with E-state index in [1.54, 1.807) is 18.3 Å². The van der Waals surface area contributed by atoms with E-state index in [1.165, 1.54) is 19.3 Å². The van der Waals surface area contributed by atoms with E-state index in [9.17, 15) is 4.79 Å². The Bertz CT molecular complexity index is 439. The van der Waals surface area contributed by atoms with Gasteiger partial charge in [0.1, 0.15) is 0 Å². The highest BCUT2D eigenvalue weighted by atomic mass is 35.5. The molecule has 2 rings (SSSR count). The predicted molar refractivity (Wildman–Crippen MR) is 82.9 cm³/mol. The van der Waals surface area contributed by atoms with Crippen LogP contribution >= 0.6 is 12.4 Å². The standard InChI is InChI=1S/C15H23N3O.ClH/c1-2-11-4-3-5-13(8-11)18-15(19)12-6-7-17-14(9-12)10-16;/h6-7,9,11,13H,2-5,8,10,16H2,1H3,(H,18,19);1H. The number of amides is 1. The number of aromatic nitrogens is 1. The molecule has 3 N–H and O–H groups in total. The Morgan fingerprint density at radius 3 is 3.00 bits per heavy atom. The van der Waals surface area contributed by atoms with Crippen molar-refractivity contribution in [3.8, 4) is 0 Å². The second-order valence-corrected chi connectivity index (χ2v) is 5.35. The molecule has 0 radical (unpaired) electrons. The lowest BCUT2D eigenvalue weighted by Gasteiger charge is -2.29. The van der Waals surface area contributed by atoms with Gasteiger partial charge in [-0.05, 0) is 30.9 Å². The Balaban J connectivity index is 0.00000200. The van der Waals surface area contributed by atoms with Gasteiger partial charge in [0.2, 0.25) is 0 Å². The maximum Gasteiger partial charge on any atom is 0.251 e. The number of nitrogens with two attached hydrogens (primary N) is 1. The molecule has 0 aliphatic heterocycles. The van der Waals surface area contributed by atoms with E-state index < -0.39 is 0 Å². The zero-order valence-electron chi connectivity index (χ0n) is 12.0. The van der Waals surface area contributed by atoms with Gasteiger partial charge < -0.3 is 11.1 Å². The highest BCUT2D eigenvalue weighted by Crippen LogP contribution is 2.26. The third-order valence-corrected chi connectivity index (χ3v) is 3.98. The Morgan fingerprint density at radius 1 is 1.50 bits per heavy atom. The topological polar surface area (TPSA) is 68.0 Å². The molecule has 1 heterocycles. The Morgan fingerprint density at radius 2 is 2.30 bits per heavy atom. The Kier molecular flexibility index (Phi) is 6.96. The summed E-state index contributed by atoms with van der Waals surface area (Å²) in [4.78, 5) is 16.3. The van der Waals surface area contributed by atoms with Gasteiger partial charge in [-0.2, -0.15) is 0 Å². The van der Waals surface area contributed by atoms with Crippen molar-refractivity contribution < 1.29 is 4.79 Å². The first-order chi connectivity index (χ1) is 9.22. The normalized spacial score (nSPS) is 21.9. The van der Waals surface area contributed by atoms with Crippen LogP contribution in [0.15, 0.2) is 18.3 Å². The van der Waals surface area contributed by atoms with E-state index in [0.717, 1.165) is 24.5 Å². The lowest BCUT2D eigenvalue weighted by Crippen LogP contribution is -2.38. The van der Waals surface area contributed by atoms with Crippen LogP contribution in [0.25, 0.3) is 0 Å². The quantitative estimate of drug-likeness (QED) is 0.898. The number of nitrogens with zero attached hydrogens (tertiary/aromatic N) is 1. The fourth-order valence-corrected chi connectivity index (χ4v) is 2.79. The van der Waals surface area contributed by atoms with Crippen LogP contribution in [0.5, 0.6) is 0 Å². The fraction of sp³-hybridized carbons (Fsp3) is 0.600. The van der Waals surface area contributed by atoms with E-state index in [1.807, 2.05) is 0 Å². The molecule has 2 unspecified atom stereocenters. The minimum absolute atomic E-state index is 0. The minimum atomic E-state index is -0.00106. The van der Waals surface area contributed by atoms with Gasteiger partial charge in [0.15, 0.2) is 0 Å². The van der Waals surface area contributed by atoms with E-state index in [-0.39, 0.29) is 18.3 Å². The summed E-state index contributed by atoms with van der Waals surface area (Å²) in [6.45, 7) is 2.59. The average molecular weight is 298 g/mol. The lowest BCUT2D eigenvalue weighted by atomic mass is 9.84. The third kappa shape index (κ3) is 4.46. The molecule has 1 amide bonds. The van der Waals surface area contributed by atoms with Crippen molar-refractivity contribution in [3.63, 3.8) is 0 Å². The van der Waals surface area contributed by atoms with Gasteiger partial charge in [-0.15, -0.1) is 12.4 Å². The van der Waals surface area contributed by atoms with Gasteiger partial charge in [-0.1, -0.05) is 26.2 Å². The summed E-state index contributed by atoms with van der Waals surface area (Å²) in [5, 5.41) is 3.14. The van der Waals surface area contributed by atoms with Crippen molar-refractivity contribution in [3.05, 3.63) is 29.6 Å². The molecule has 0 spiro atoms. The molecule has 2 atom stereocenters. The number of carbonyl (C=O) groups excluding carboxylic acids is 1. The molecule has 1 aromatic heterocycles. The predicted octanol–water partition coefficient (Wildman–Crippen LogP) is 2.66. The first-order valence-electron chi connectivity index (χ1n) is 7.18. The van der Waals surface area contributed by atoms with Crippen LogP contribution in [0.4, 0.5) is 0 Å². The molecule has 1 fully saturated rings. The number of pyridine rings is 1. The van der Waals surface area contributed by atoms with Crippen LogP contribution in [0.2, 0.25) is 0 Å². The highest BCUT2D eigenvalue weighted by Gasteiger charge is 2.22. The van der Waals surface area contributed by atoms with E-state index in [2.05, 4.69) is 17.2 Å². The van der Waals surface area contributed by atoms with E-state index in [0.29, 0.717) is 18.2 Å². The van der Waals surface area contributed by atoms with Crippen LogP contribution < -0.4 is 11.1 Å². The molecule has 1 aromatic rings. The van der Waals surface area contributed by atoms with Gasteiger partial charge >= 0.3 is 0 Å². The smallest absolute Gasteiger partial charge is 0.251 e. The second kappa shape index (κ2) is 8.22. The van der Waals surface area contributed by atoms with Crippen LogP contribution in [0, 0.1) is 5.92 Å². The number of rotatable bonds is 4. The Labute approximate surface area is 126 Å². The van der Waals surface area contributed by atoms with Crippen LogP contribution in [-0.2, 0) is 6.54 Å². The second-order valence-electron chi connectivity index (χ2n) is 5.35. The van der Waals surface area contributed by atoms with Crippen LogP contribution in [-0.4, -0.2) is 16.9 Å². The number of nitrogens with one attached hydrogen (secondary N) is 1. The summed E-state index contributed by atoms with van der Waals surface area (Å²) in [5.41, 5.74) is 6.96. The molecule has 1 aliphatic rings. The molecule has 1 aliphatic carbocycles. The lowest BCUT2D eigenvalue weighted by molar-refractivity contribution is 0.0919. The molecule has 0 bridgehead atoms. The zero-order chi connectivity index (χ0) is 13.7. The molecular formula is C15H24ClN3O. The highest BCUT2D eigenvalue weighted by molar-refractivity contribution is 5.94. The Hall–Kier alpha value is -1.13. The van der Waals surface area contributed by atoms with Crippen molar-refractivity contribution in [2.45, 2.75) is 51.6 Å². The van der Waals surface area contributed by atoms with Gasteiger partial charge in [0.05, 0.1) is 5.69 Å². The van der Waals surface area contributed by atoms with Crippen molar-refractivity contribution in [1.82, 2.24) is 10.3 Å². The molecule has 0 aromatic carbocycles. The van der Waals surface area contributed by atoms with Crippen molar-refractivity contribution in [2.75, 3.05) is 0 Å². The molecule has 112 valence electrons. The zero-order valence-corrected chi connectivity index (χ0v) is 12.8. The first-order valence-corrected chi connectivity index (χ1v) is 7.18. The van der Waals surface area contributed by atoms with Crippen LogP contribution in [0.3, 0.4) is 0 Å². The van der Waals surface area contributed by atoms with Gasteiger partial charge in [0.25, 0.3) is 5.91 Å². The molecular weight excluding hydrogens is 274 g/mol.